The molecule has 0 amide bonds. The fourth-order valence-corrected chi connectivity index (χ4v) is 6.75. The van der Waals surface area contributed by atoms with E-state index in [1.165, 1.54) is 0 Å². The van der Waals surface area contributed by atoms with Gasteiger partial charge in [0.05, 0.1) is 17.6 Å². The molecule has 0 radical (unpaired) electrons. The molecule has 2 aliphatic heterocycles. The van der Waals surface area contributed by atoms with Gasteiger partial charge in [-0.15, -0.1) is 0 Å². The molecule has 1 saturated heterocycles. The van der Waals surface area contributed by atoms with Crippen LogP contribution in [0.1, 0.15) is 55.0 Å². The Bertz CT molecular complexity index is 1060. The lowest BCUT2D eigenvalue weighted by Crippen LogP contribution is -2.47. The molecule has 0 bridgehead atoms. The van der Waals surface area contributed by atoms with Crippen molar-refractivity contribution >= 4 is 10.0 Å². The second-order valence-electron chi connectivity index (χ2n) is 8.80. The van der Waals surface area contributed by atoms with Crippen LogP contribution in [0, 0.1) is 11.6 Å². The molecule has 7 nitrogen and oxygen atoms in total. The summed E-state index contributed by atoms with van der Waals surface area (Å²) in [6.45, 7) is 1.41. The third-order valence-corrected chi connectivity index (χ3v) is 8.77. The zero-order valence-corrected chi connectivity index (χ0v) is 17.9. The maximum Gasteiger partial charge on any atom is 0.256 e. The van der Waals surface area contributed by atoms with E-state index in [2.05, 4.69) is 10.00 Å². The van der Waals surface area contributed by atoms with Gasteiger partial charge in [0.1, 0.15) is 17.7 Å². The molecule has 31 heavy (non-hydrogen) atoms. The number of ether oxygens (including phenoxy) is 1. The monoisotopic (exact) mass is 452 g/mol. The van der Waals surface area contributed by atoms with Crippen molar-refractivity contribution in [3.8, 4) is 0 Å². The van der Waals surface area contributed by atoms with Crippen LogP contribution in [-0.4, -0.2) is 46.4 Å². The highest BCUT2D eigenvalue weighted by atomic mass is 32.2. The summed E-state index contributed by atoms with van der Waals surface area (Å²) in [5.74, 6) is -1.05. The standard InChI is InChI=1S/C21H26F2N4O3S/c22-14-5-6-18(23)17(7-14)21-19(24)8-15(12-30-21)26-9-13-10-27(25-20(13)11-26)31(28,29)16-3-1-2-4-16/h5-7,10,15-16,19,21H,1-4,8-9,11-12,24H2/t15-,19+,21?/m0/s1. The molecule has 1 unspecified atom stereocenters. The highest BCUT2D eigenvalue weighted by Gasteiger charge is 2.38. The van der Waals surface area contributed by atoms with Gasteiger partial charge in [-0.2, -0.15) is 9.19 Å². The quantitative estimate of drug-likeness (QED) is 0.767. The molecule has 3 heterocycles. The van der Waals surface area contributed by atoms with E-state index in [9.17, 15) is 17.2 Å². The van der Waals surface area contributed by atoms with Crippen LogP contribution < -0.4 is 5.73 Å². The maximum absolute atomic E-state index is 14.1. The lowest BCUT2D eigenvalue weighted by Gasteiger charge is -2.38. The van der Waals surface area contributed by atoms with Crippen molar-refractivity contribution in [3.63, 3.8) is 0 Å². The first-order chi connectivity index (χ1) is 14.8. The summed E-state index contributed by atoms with van der Waals surface area (Å²) in [4.78, 5) is 2.15. The smallest absolute Gasteiger partial charge is 0.256 e. The highest BCUT2D eigenvalue weighted by Crippen LogP contribution is 2.34. The summed E-state index contributed by atoms with van der Waals surface area (Å²) in [5, 5.41) is 4.04. The molecular formula is C21H26F2N4O3S. The highest BCUT2D eigenvalue weighted by molar-refractivity contribution is 7.90. The van der Waals surface area contributed by atoms with Crippen LogP contribution in [0.3, 0.4) is 0 Å². The Balaban J connectivity index is 1.25. The molecule has 1 aromatic heterocycles. The van der Waals surface area contributed by atoms with Gasteiger partial charge in [0.2, 0.25) is 0 Å². The van der Waals surface area contributed by atoms with Gasteiger partial charge in [0, 0.05) is 42.5 Å². The third kappa shape index (κ3) is 3.79. The van der Waals surface area contributed by atoms with Crippen LogP contribution >= 0.6 is 0 Å². The second kappa shape index (κ2) is 7.91. The number of aromatic nitrogens is 2. The normalized spacial score (nSPS) is 27.6. The van der Waals surface area contributed by atoms with Gasteiger partial charge in [-0.1, -0.05) is 12.8 Å². The molecule has 10 heteroatoms. The molecule has 1 aliphatic carbocycles. The summed E-state index contributed by atoms with van der Waals surface area (Å²) in [7, 11) is -3.44. The average molecular weight is 453 g/mol. The van der Waals surface area contributed by atoms with E-state index in [4.69, 9.17) is 10.5 Å². The largest absolute Gasteiger partial charge is 0.370 e. The number of nitrogens with zero attached hydrogens (tertiary/aromatic N) is 3. The van der Waals surface area contributed by atoms with Gasteiger partial charge >= 0.3 is 0 Å². The van der Waals surface area contributed by atoms with Crippen LogP contribution in [-0.2, 0) is 27.8 Å². The zero-order valence-electron chi connectivity index (χ0n) is 17.1. The van der Waals surface area contributed by atoms with Crippen molar-refractivity contribution in [1.29, 1.82) is 0 Å². The Morgan fingerprint density at radius 1 is 1.16 bits per heavy atom. The van der Waals surface area contributed by atoms with E-state index < -0.39 is 33.8 Å². The summed E-state index contributed by atoms with van der Waals surface area (Å²) >= 11 is 0. The van der Waals surface area contributed by atoms with Crippen molar-refractivity contribution in [2.75, 3.05) is 6.61 Å². The van der Waals surface area contributed by atoms with Crippen molar-refractivity contribution in [2.24, 2.45) is 5.73 Å². The van der Waals surface area contributed by atoms with Gasteiger partial charge < -0.3 is 10.5 Å². The number of benzene rings is 1. The van der Waals surface area contributed by atoms with Crippen LogP contribution in [0.2, 0.25) is 0 Å². The average Bonchev–Trinajstić information content (AvgIpc) is 3.46. The number of nitrogens with two attached hydrogens (primary N) is 1. The van der Waals surface area contributed by atoms with E-state index in [-0.39, 0.29) is 16.9 Å². The minimum atomic E-state index is -3.44. The Kier molecular flexibility index (Phi) is 5.36. The second-order valence-corrected chi connectivity index (χ2v) is 10.9. The lowest BCUT2D eigenvalue weighted by molar-refractivity contribution is -0.0533. The van der Waals surface area contributed by atoms with E-state index >= 15 is 0 Å². The maximum atomic E-state index is 14.1. The van der Waals surface area contributed by atoms with Crippen LogP contribution in [0.25, 0.3) is 0 Å². The molecule has 2 N–H and O–H groups in total. The molecular weight excluding hydrogens is 426 g/mol. The molecule has 3 atom stereocenters. The fourth-order valence-electron chi connectivity index (χ4n) is 5.03. The molecule has 168 valence electrons. The number of rotatable bonds is 4. The molecule has 0 spiro atoms. The molecule has 3 aliphatic rings. The van der Waals surface area contributed by atoms with E-state index in [0.29, 0.717) is 39.0 Å². The van der Waals surface area contributed by atoms with Crippen LogP contribution in [0.5, 0.6) is 0 Å². The number of fused-ring (bicyclic) bond motifs is 1. The van der Waals surface area contributed by atoms with Crippen LogP contribution in [0.15, 0.2) is 24.4 Å². The summed E-state index contributed by atoms with van der Waals surface area (Å²) in [6.07, 6.45) is 4.79. The first-order valence-corrected chi connectivity index (χ1v) is 12.2. The Morgan fingerprint density at radius 3 is 2.65 bits per heavy atom. The first-order valence-electron chi connectivity index (χ1n) is 10.7. The minimum absolute atomic E-state index is 0.00282. The van der Waals surface area contributed by atoms with E-state index in [1.807, 2.05) is 0 Å². The predicted octanol–water partition coefficient (Wildman–Crippen LogP) is 2.45. The molecule has 2 fully saturated rings. The van der Waals surface area contributed by atoms with Gasteiger partial charge in [0.15, 0.2) is 0 Å². The Hall–Kier alpha value is -1.88. The molecule has 2 aromatic rings. The zero-order chi connectivity index (χ0) is 21.8. The lowest BCUT2D eigenvalue weighted by atomic mass is 9.93. The number of hydrogen-bond donors (Lipinski definition) is 1. The van der Waals surface area contributed by atoms with Gasteiger partial charge in [-0.3, -0.25) is 4.90 Å². The van der Waals surface area contributed by atoms with E-state index in [0.717, 1.165) is 46.4 Å². The number of hydrogen-bond acceptors (Lipinski definition) is 6. The van der Waals surface area contributed by atoms with Crippen molar-refractivity contribution in [2.45, 2.75) is 68.6 Å². The topological polar surface area (TPSA) is 90.5 Å². The van der Waals surface area contributed by atoms with Crippen molar-refractivity contribution in [1.82, 2.24) is 14.1 Å². The Morgan fingerprint density at radius 2 is 1.94 bits per heavy atom. The van der Waals surface area contributed by atoms with Gasteiger partial charge in [-0.05, 0) is 37.5 Å². The summed E-state index contributed by atoms with van der Waals surface area (Å²) < 4.78 is 60.3. The molecule has 1 aromatic carbocycles. The van der Waals surface area contributed by atoms with Gasteiger partial charge in [-0.25, -0.2) is 17.2 Å². The fraction of sp³-hybridized carbons (Fsp3) is 0.571. The van der Waals surface area contributed by atoms with Crippen molar-refractivity contribution in [3.05, 3.63) is 52.9 Å². The SMILES string of the molecule is N[C@@H]1C[C@H](N2Cc3cn(S(=O)(=O)C4CCCC4)nc3C2)COC1c1cc(F)ccc1F. The van der Waals surface area contributed by atoms with Crippen molar-refractivity contribution < 1.29 is 21.9 Å². The molecule has 1 saturated carbocycles. The first kappa shape index (κ1) is 21.0. The minimum Gasteiger partial charge on any atom is -0.370 e. The molecule has 5 rings (SSSR count). The third-order valence-electron chi connectivity index (χ3n) is 6.75. The van der Waals surface area contributed by atoms with E-state index in [1.54, 1.807) is 6.20 Å². The Labute approximate surface area is 180 Å². The number of halogens is 2. The summed E-state index contributed by atoms with van der Waals surface area (Å²) in [6, 6.07) is 2.82. The van der Waals surface area contributed by atoms with Crippen LogP contribution in [0.4, 0.5) is 8.78 Å². The van der Waals surface area contributed by atoms with Gasteiger partial charge in [0.25, 0.3) is 10.0 Å². The summed E-state index contributed by atoms with van der Waals surface area (Å²) in [5.41, 5.74) is 8.08. The predicted molar refractivity (Wildman–Crippen MR) is 109 cm³/mol.